The van der Waals surface area contributed by atoms with Gasteiger partial charge in [0.15, 0.2) is 6.73 Å². The van der Waals surface area contributed by atoms with Crippen molar-refractivity contribution in [2.24, 2.45) is 5.73 Å². The van der Waals surface area contributed by atoms with E-state index in [-0.39, 0.29) is 19.2 Å². The lowest BCUT2D eigenvalue weighted by Gasteiger charge is -2.36. The van der Waals surface area contributed by atoms with Gasteiger partial charge in [-0.05, 0) is 61.0 Å². The molecule has 5 rings (SSSR count). The number of unbranched alkanes of at least 4 members (excludes halogenated alkanes) is 1. The average molecular weight is 523 g/mol. The van der Waals surface area contributed by atoms with Crippen molar-refractivity contribution in [3.05, 3.63) is 53.4 Å². The van der Waals surface area contributed by atoms with Gasteiger partial charge >= 0.3 is 5.97 Å². The maximum atomic E-state index is 12.4. The summed E-state index contributed by atoms with van der Waals surface area (Å²) in [5, 5.41) is 3.54. The number of rotatable bonds is 10. The molecule has 2 aromatic carbocycles. The Morgan fingerprint density at radius 2 is 1.86 bits per heavy atom. The molecule has 2 aliphatic heterocycles. The first-order valence-electron chi connectivity index (χ1n) is 13.0. The maximum absolute atomic E-state index is 12.4. The third-order valence-electron chi connectivity index (χ3n) is 7.10. The summed E-state index contributed by atoms with van der Waals surface area (Å²) in [6.07, 6.45) is 3.10. The molecule has 37 heavy (non-hydrogen) atoms. The maximum Gasteiger partial charge on any atom is 0.321 e. The van der Waals surface area contributed by atoms with Gasteiger partial charge in [0, 0.05) is 54.4 Å². The Bertz CT molecular complexity index is 1240. The van der Waals surface area contributed by atoms with Crippen molar-refractivity contribution >= 4 is 44.7 Å². The van der Waals surface area contributed by atoms with Crippen LogP contribution in [0.4, 0.5) is 11.4 Å². The number of nitrogens with zero attached hydrogens (tertiary/aromatic N) is 3. The van der Waals surface area contributed by atoms with Gasteiger partial charge in [0.25, 0.3) is 0 Å². The lowest BCUT2D eigenvalue weighted by molar-refractivity contribution is -0.142. The van der Waals surface area contributed by atoms with E-state index in [0.717, 1.165) is 62.6 Å². The molecule has 1 aromatic heterocycles. The number of ether oxygens (including phenoxy) is 2. The second-order valence-electron chi connectivity index (χ2n) is 9.46. The van der Waals surface area contributed by atoms with Gasteiger partial charge in [-0.2, -0.15) is 0 Å². The summed E-state index contributed by atoms with van der Waals surface area (Å²) in [5.41, 5.74) is 8.46. The standard InChI is InChI=1S/C28H34N4O4S/c29-19-28(34)36-20-32-25-18-22(8-6-21(25)7-9-27(32)33)35-16-2-1-11-30-12-14-31(15-13-30)24-4-3-5-26-23(24)10-17-37-26/h3-6,8,10,17-18H,1-2,7,9,11-16,19-20,29H2. The molecule has 0 unspecified atom stereocenters. The number of esters is 1. The van der Waals surface area contributed by atoms with Crippen LogP contribution >= 0.6 is 11.3 Å². The number of amides is 1. The minimum absolute atomic E-state index is 0.0680. The number of carbonyl (C=O) groups excluding carboxylic acids is 2. The number of benzene rings is 2. The molecule has 0 bridgehead atoms. The van der Waals surface area contributed by atoms with Crippen molar-refractivity contribution in [3.63, 3.8) is 0 Å². The van der Waals surface area contributed by atoms with Crippen LogP contribution in [-0.2, 0) is 20.7 Å². The second-order valence-corrected chi connectivity index (χ2v) is 10.4. The first-order valence-corrected chi connectivity index (χ1v) is 13.9. The largest absolute Gasteiger partial charge is 0.494 e. The predicted molar refractivity (Wildman–Crippen MR) is 147 cm³/mol. The first-order chi connectivity index (χ1) is 18.1. The highest BCUT2D eigenvalue weighted by molar-refractivity contribution is 7.17. The Balaban J connectivity index is 1.06. The molecule has 2 N–H and O–H groups in total. The Kier molecular flexibility index (Phi) is 8.23. The molecule has 0 aliphatic carbocycles. The molecule has 2 aliphatic rings. The molecule has 0 atom stereocenters. The van der Waals surface area contributed by atoms with Gasteiger partial charge in [0.1, 0.15) is 5.75 Å². The lowest BCUT2D eigenvalue weighted by Crippen LogP contribution is -2.46. The molecule has 9 heteroatoms. The number of anilines is 2. The minimum atomic E-state index is -0.534. The van der Waals surface area contributed by atoms with Crippen LogP contribution in [0.25, 0.3) is 10.1 Å². The minimum Gasteiger partial charge on any atom is -0.494 e. The lowest BCUT2D eigenvalue weighted by atomic mass is 10.0. The van der Waals surface area contributed by atoms with Gasteiger partial charge in [-0.25, -0.2) is 0 Å². The second kappa shape index (κ2) is 11.9. The molecular weight excluding hydrogens is 488 g/mol. The third-order valence-corrected chi connectivity index (χ3v) is 7.98. The fourth-order valence-electron chi connectivity index (χ4n) is 5.04. The summed E-state index contributed by atoms with van der Waals surface area (Å²) >= 11 is 1.80. The summed E-state index contributed by atoms with van der Waals surface area (Å²) < 4.78 is 12.5. The van der Waals surface area contributed by atoms with Crippen LogP contribution in [0.2, 0.25) is 0 Å². The van der Waals surface area contributed by atoms with E-state index >= 15 is 0 Å². The topological polar surface area (TPSA) is 88.3 Å². The molecule has 1 amide bonds. The highest BCUT2D eigenvalue weighted by atomic mass is 32.1. The van der Waals surface area contributed by atoms with E-state index in [1.807, 2.05) is 18.2 Å². The van der Waals surface area contributed by atoms with Crippen molar-refractivity contribution in [2.75, 3.05) is 62.4 Å². The van der Waals surface area contributed by atoms with Gasteiger partial charge in [-0.15, -0.1) is 11.3 Å². The zero-order valence-electron chi connectivity index (χ0n) is 21.1. The van der Waals surface area contributed by atoms with Crippen LogP contribution in [-0.4, -0.2) is 69.4 Å². The zero-order chi connectivity index (χ0) is 25.6. The van der Waals surface area contributed by atoms with E-state index in [2.05, 4.69) is 39.4 Å². The summed E-state index contributed by atoms with van der Waals surface area (Å²) in [7, 11) is 0. The molecule has 1 fully saturated rings. The summed E-state index contributed by atoms with van der Waals surface area (Å²) in [4.78, 5) is 30.4. The number of piperazine rings is 1. The normalized spacial score (nSPS) is 16.2. The van der Waals surface area contributed by atoms with Crippen LogP contribution in [0.15, 0.2) is 47.8 Å². The van der Waals surface area contributed by atoms with Crippen molar-refractivity contribution in [1.82, 2.24) is 4.90 Å². The van der Waals surface area contributed by atoms with E-state index in [4.69, 9.17) is 15.2 Å². The number of nitrogens with two attached hydrogens (primary N) is 1. The van der Waals surface area contributed by atoms with Gasteiger partial charge in [-0.1, -0.05) is 12.1 Å². The van der Waals surface area contributed by atoms with E-state index in [1.165, 1.54) is 20.7 Å². The first kappa shape index (κ1) is 25.5. The van der Waals surface area contributed by atoms with Crippen LogP contribution in [0.5, 0.6) is 5.75 Å². The molecule has 0 spiro atoms. The van der Waals surface area contributed by atoms with E-state index in [0.29, 0.717) is 19.4 Å². The Hall–Kier alpha value is -3.14. The van der Waals surface area contributed by atoms with Gasteiger partial charge in [-0.3, -0.25) is 19.4 Å². The number of hydrogen-bond acceptors (Lipinski definition) is 8. The molecular formula is C28H34N4O4S. The van der Waals surface area contributed by atoms with E-state index in [1.54, 1.807) is 11.3 Å². The third kappa shape index (κ3) is 6.06. The Morgan fingerprint density at radius 1 is 1.00 bits per heavy atom. The molecule has 3 heterocycles. The van der Waals surface area contributed by atoms with Crippen LogP contribution in [0.1, 0.15) is 24.8 Å². The van der Waals surface area contributed by atoms with Crippen molar-refractivity contribution in [3.8, 4) is 5.75 Å². The van der Waals surface area contributed by atoms with Crippen LogP contribution in [0.3, 0.4) is 0 Å². The predicted octanol–water partition coefficient (Wildman–Crippen LogP) is 3.62. The van der Waals surface area contributed by atoms with Gasteiger partial charge in [0.2, 0.25) is 5.91 Å². The SMILES string of the molecule is NCC(=O)OCN1C(=O)CCc2ccc(OCCCCN3CCN(c4cccc5sccc45)CC3)cc21. The summed E-state index contributed by atoms with van der Waals surface area (Å²) in [5.74, 6) is 0.120. The van der Waals surface area contributed by atoms with Crippen LogP contribution in [0, 0.1) is 0 Å². The number of aryl methyl sites for hydroxylation is 1. The number of hydrogen-bond donors (Lipinski definition) is 1. The van der Waals surface area contributed by atoms with E-state index < -0.39 is 5.97 Å². The number of thiophene rings is 1. The highest BCUT2D eigenvalue weighted by Gasteiger charge is 2.25. The van der Waals surface area contributed by atoms with Crippen molar-refractivity contribution < 1.29 is 19.1 Å². The van der Waals surface area contributed by atoms with Crippen molar-refractivity contribution in [1.29, 1.82) is 0 Å². The van der Waals surface area contributed by atoms with Gasteiger partial charge < -0.3 is 20.1 Å². The fraction of sp³-hybridized carbons (Fsp3) is 0.429. The summed E-state index contributed by atoms with van der Waals surface area (Å²) in [6, 6.07) is 14.6. The Labute approximate surface area is 221 Å². The number of carbonyl (C=O) groups is 2. The number of fused-ring (bicyclic) bond motifs is 2. The molecule has 0 saturated carbocycles. The summed E-state index contributed by atoms with van der Waals surface area (Å²) in [6.45, 7) is 5.61. The molecule has 3 aromatic rings. The molecule has 1 saturated heterocycles. The highest BCUT2D eigenvalue weighted by Crippen LogP contribution is 2.32. The van der Waals surface area contributed by atoms with E-state index in [9.17, 15) is 9.59 Å². The molecule has 0 radical (unpaired) electrons. The average Bonchev–Trinajstić information content (AvgIpc) is 3.42. The van der Waals surface area contributed by atoms with Crippen molar-refractivity contribution in [2.45, 2.75) is 25.7 Å². The smallest absolute Gasteiger partial charge is 0.321 e. The Morgan fingerprint density at radius 3 is 2.70 bits per heavy atom. The quantitative estimate of drug-likeness (QED) is 0.321. The van der Waals surface area contributed by atoms with Gasteiger partial charge in [0.05, 0.1) is 18.8 Å². The molecule has 8 nitrogen and oxygen atoms in total. The monoisotopic (exact) mass is 522 g/mol. The zero-order valence-corrected chi connectivity index (χ0v) is 21.9. The fourth-order valence-corrected chi connectivity index (χ4v) is 5.85. The molecule has 196 valence electrons. The van der Waals surface area contributed by atoms with Crippen LogP contribution < -0.4 is 20.3 Å².